The van der Waals surface area contributed by atoms with Gasteiger partial charge in [-0.15, -0.1) is 0 Å². The molecule has 8 aromatic rings. The molecule has 4 aliphatic heterocycles. The molecule has 20 nitrogen and oxygen atoms in total. The number of morpholine rings is 4. The Labute approximate surface area is 617 Å². The van der Waals surface area contributed by atoms with E-state index in [0.29, 0.717) is 194 Å². The zero-order valence-corrected chi connectivity index (χ0v) is 63.9. The number of hydrogen-bond acceptors (Lipinski definition) is 20. The number of rotatable bonds is 20. The Kier molecular flexibility index (Phi) is 23.1. The van der Waals surface area contributed by atoms with Crippen molar-refractivity contribution >= 4 is 104 Å². The molecule has 8 aromatic carbocycles. The number of ether oxygens (including phenoxy) is 4. The summed E-state index contributed by atoms with van der Waals surface area (Å²) in [5.74, 6) is -0.403. The molecule has 5 aliphatic rings. The molecule has 100 heavy (non-hydrogen) atoms. The third-order valence-corrected chi connectivity index (χ3v) is 25.0. The second-order valence-corrected chi connectivity index (χ2v) is 35.0. The maximum absolute atomic E-state index is 15.3. The summed E-state index contributed by atoms with van der Waals surface area (Å²) >= 11 is 13.8. The molecule has 0 N–H and O–H groups in total. The molecule has 0 unspecified atom stereocenters. The van der Waals surface area contributed by atoms with Crippen LogP contribution in [0.1, 0.15) is 66.8 Å². The summed E-state index contributed by atoms with van der Waals surface area (Å²) in [6.45, 7) is 9.69. The molecular formula is C72H72Br4N4O16S4. The second kappa shape index (κ2) is 31.8. The van der Waals surface area contributed by atoms with E-state index >= 15 is 33.7 Å². The van der Waals surface area contributed by atoms with Gasteiger partial charge in [0.05, 0.1) is 52.9 Å². The maximum atomic E-state index is 15.3. The van der Waals surface area contributed by atoms with Crippen LogP contribution in [0.2, 0.25) is 0 Å². The maximum Gasteiger partial charge on any atom is 0.339 e. The summed E-state index contributed by atoms with van der Waals surface area (Å²) in [6, 6.07) is 39.1. The van der Waals surface area contributed by atoms with Crippen LogP contribution < -0.4 is 16.7 Å². The minimum Gasteiger partial charge on any atom is -0.379 e. The van der Waals surface area contributed by atoms with E-state index in [-0.39, 0.29) is 68.3 Å². The Morgan fingerprint density at radius 1 is 0.270 bits per heavy atom. The SMILES string of the molecule is O=S(=O)(Oc1c2cc(CN3CCOCC3)cc1Cc1cc(CN3CCOCC3)cc(c1OS(=O)(=O)c1ccc(Br)cc1)Cc1cc(CN3CCOCC3)cc(c1OS(=O)(=O)c1ccc(Br)cc1)Cc1cc(CN3CCOCC3)cc(c1OS(=O)(=O)c1ccc(Br)cc1)C2)c1ccc(Br)cc1. The van der Waals surface area contributed by atoms with Gasteiger partial charge in [0.1, 0.15) is 42.6 Å². The first kappa shape index (κ1) is 72.7. The van der Waals surface area contributed by atoms with Crippen LogP contribution in [0.3, 0.4) is 0 Å². The van der Waals surface area contributed by atoms with Gasteiger partial charge in [-0.25, -0.2) is 0 Å². The van der Waals surface area contributed by atoms with Crippen LogP contribution in [0.15, 0.2) is 183 Å². The predicted molar refractivity (Wildman–Crippen MR) is 389 cm³/mol. The Balaban J connectivity index is 1.14. The summed E-state index contributed by atoms with van der Waals surface area (Å²) < 4.78 is 175. The average Bonchev–Trinajstić information content (AvgIpc) is 0.760. The highest BCUT2D eigenvalue weighted by Crippen LogP contribution is 2.44. The van der Waals surface area contributed by atoms with Crippen molar-refractivity contribution in [1.82, 2.24) is 19.6 Å². The van der Waals surface area contributed by atoms with E-state index in [4.69, 9.17) is 35.7 Å². The fourth-order valence-corrected chi connectivity index (χ4v) is 18.1. The van der Waals surface area contributed by atoms with Crippen molar-refractivity contribution in [3.8, 4) is 23.0 Å². The first-order valence-corrected chi connectivity index (χ1v) is 41.4. The Hall–Kier alpha value is -5.64. The standard InChI is InChI=1S/C72H72Br4N4O16S4/c73-61-1-9-65(10-2-61)97(81,82)93-69-53-33-49(45-77-17-25-89-26-18-77)34-54(69)42-56-36-51(47-79-21-29-91-30-22-79)38-58(71(56)95-99(85,86)67-13-5-63(75)6-14-67)44-60-40-52(48-80-23-31-92-32-24-80)39-59(72(60)96-100(87,88)68-15-7-64(76)8-16-68)43-57-37-50(46-78-19-27-90-28-20-78)35-55(41-53)70(57)94-98(83,84)66-11-3-62(74)4-12-66/h1-16,33-40H,17-32,41-48H2. The molecule has 0 radical (unpaired) electrons. The van der Waals surface area contributed by atoms with Crippen molar-refractivity contribution in [2.45, 2.75) is 71.4 Å². The number of nitrogens with zero attached hydrogens (tertiary/aromatic N) is 4. The molecule has 0 atom stereocenters. The highest BCUT2D eigenvalue weighted by atomic mass is 79.9. The van der Waals surface area contributed by atoms with E-state index in [1.54, 1.807) is 48.5 Å². The molecular weight excluding hydrogens is 1620 g/mol. The van der Waals surface area contributed by atoms with Gasteiger partial charge in [-0.3, -0.25) is 19.6 Å². The highest BCUT2D eigenvalue weighted by molar-refractivity contribution is 9.11. The summed E-state index contributed by atoms with van der Waals surface area (Å²) in [7, 11) is -19.0. The number of fused-ring (bicyclic) bond motifs is 8. The lowest BCUT2D eigenvalue weighted by atomic mass is 9.88. The van der Waals surface area contributed by atoms with Crippen molar-refractivity contribution in [1.29, 1.82) is 0 Å². The first-order valence-electron chi connectivity index (χ1n) is 32.6. The summed E-state index contributed by atoms with van der Waals surface area (Å²) in [4.78, 5) is 8.21. The van der Waals surface area contributed by atoms with Crippen molar-refractivity contribution in [2.75, 3.05) is 105 Å². The van der Waals surface area contributed by atoms with Gasteiger partial charge in [-0.05, 0) is 119 Å². The zero-order valence-electron chi connectivity index (χ0n) is 54.3. The highest BCUT2D eigenvalue weighted by Gasteiger charge is 2.33. The normalized spacial score (nSPS) is 17.2. The molecule has 28 heteroatoms. The number of benzene rings is 8. The quantitative estimate of drug-likeness (QED) is 0.0647. The van der Waals surface area contributed by atoms with Gasteiger partial charge in [-0.2, -0.15) is 33.7 Å². The lowest BCUT2D eigenvalue weighted by Crippen LogP contribution is -2.35. The van der Waals surface area contributed by atoms with E-state index in [2.05, 4.69) is 83.3 Å². The third-order valence-electron chi connectivity index (χ3n) is 18.0. The predicted octanol–water partition coefficient (Wildman–Crippen LogP) is 11.8. The monoisotopic (exact) mass is 1690 g/mol. The molecule has 0 saturated carbocycles. The first-order chi connectivity index (χ1) is 48.0. The fourth-order valence-electron chi connectivity index (χ4n) is 13.1. The number of hydrogen-bond donors (Lipinski definition) is 0. The van der Waals surface area contributed by atoms with Crippen LogP contribution in [0.25, 0.3) is 0 Å². The van der Waals surface area contributed by atoms with Crippen LogP contribution >= 0.6 is 63.7 Å². The van der Waals surface area contributed by atoms with Gasteiger partial charge in [0.15, 0.2) is 0 Å². The van der Waals surface area contributed by atoms with Crippen LogP contribution in [-0.4, -0.2) is 158 Å². The van der Waals surface area contributed by atoms with Crippen molar-refractivity contribution in [3.63, 3.8) is 0 Å². The van der Waals surface area contributed by atoms with Crippen molar-refractivity contribution in [2.24, 2.45) is 0 Å². The molecule has 8 bridgehead atoms. The summed E-state index contributed by atoms with van der Waals surface area (Å²) in [5, 5.41) is 0. The van der Waals surface area contributed by atoms with E-state index in [9.17, 15) is 0 Å². The van der Waals surface area contributed by atoms with Crippen LogP contribution in [0, 0.1) is 0 Å². The van der Waals surface area contributed by atoms with Crippen LogP contribution in [-0.2, 0) is 111 Å². The molecule has 528 valence electrons. The van der Waals surface area contributed by atoms with Gasteiger partial charge >= 0.3 is 40.5 Å². The van der Waals surface area contributed by atoms with E-state index in [1.807, 2.05) is 48.5 Å². The average molecular weight is 1700 g/mol. The second-order valence-electron chi connectivity index (χ2n) is 25.2. The fraction of sp³-hybridized carbons (Fsp3) is 0.333. The molecule has 13 rings (SSSR count). The number of halogens is 4. The molecule has 0 amide bonds. The van der Waals surface area contributed by atoms with Crippen LogP contribution in [0.5, 0.6) is 23.0 Å². The summed E-state index contributed by atoms with van der Waals surface area (Å²) in [6.07, 6.45) is -0.899. The van der Waals surface area contributed by atoms with E-state index in [1.165, 1.54) is 48.5 Å². The van der Waals surface area contributed by atoms with E-state index < -0.39 is 40.5 Å². The van der Waals surface area contributed by atoms with Gasteiger partial charge < -0.3 is 35.7 Å². The summed E-state index contributed by atoms with van der Waals surface area (Å²) in [5.41, 5.74) is 5.36. The molecule has 4 heterocycles. The molecule has 4 fully saturated rings. The van der Waals surface area contributed by atoms with Gasteiger partial charge in [0, 0.05) is 167 Å². The van der Waals surface area contributed by atoms with Gasteiger partial charge in [0.25, 0.3) is 0 Å². The Morgan fingerprint density at radius 3 is 0.590 bits per heavy atom. The molecule has 1 aliphatic carbocycles. The topological polar surface area (TPSA) is 223 Å². The van der Waals surface area contributed by atoms with Gasteiger partial charge in [-0.1, -0.05) is 112 Å². The largest absolute Gasteiger partial charge is 0.379 e. The Morgan fingerprint density at radius 2 is 0.430 bits per heavy atom. The smallest absolute Gasteiger partial charge is 0.339 e. The lowest BCUT2D eigenvalue weighted by Gasteiger charge is -2.29. The van der Waals surface area contributed by atoms with E-state index in [0.717, 1.165) is 22.3 Å². The Bertz CT molecular complexity index is 4070. The van der Waals surface area contributed by atoms with Crippen molar-refractivity contribution < 1.29 is 69.4 Å². The minimum atomic E-state index is -4.74. The third kappa shape index (κ3) is 18.1. The minimum absolute atomic E-state index is 0.101. The lowest BCUT2D eigenvalue weighted by molar-refractivity contribution is 0.0341. The zero-order chi connectivity index (χ0) is 69.8. The molecule has 4 saturated heterocycles. The molecule has 0 spiro atoms. The van der Waals surface area contributed by atoms with Crippen LogP contribution in [0.4, 0.5) is 0 Å². The van der Waals surface area contributed by atoms with Crippen molar-refractivity contribution in [3.05, 3.63) is 230 Å². The molecule has 0 aromatic heterocycles. The van der Waals surface area contributed by atoms with Gasteiger partial charge in [0.2, 0.25) is 0 Å².